The highest BCUT2D eigenvalue weighted by Gasteiger charge is 2.50. The summed E-state index contributed by atoms with van der Waals surface area (Å²) in [6.07, 6.45) is 4.18. The molecule has 2 aliphatic carbocycles. The maximum atomic E-state index is 14.0. The number of ether oxygens (including phenoxy) is 2. The Kier molecular flexibility index (Phi) is 6.41. The van der Waals surface area contributed by atoms with Crippen molar-refractivity contribution in [2.45, 2.75) is 97.3 Å². The second-order valence-corrected chi connectivity index (χ2v) is 11.2. The van der Waals surface area contributed by atoms with E-state index in [1.165, 1.54) is 6.07 Å². The Morgan fingerprint density at radius 1 is 1.13 bits per heavy atom. The van der Waals surface area contributed by atoms with Gasteiger partial charge in [0.1, 0.15) is 17.0 Å². The predicted molar refractivity (Wildman–Crippen MR) is 117 cm³/mol. The van der Waals surface area contributed by atoms with Crippen LogP contribution in [-0.2, 0) is 20.7 Å². The van der Waals surface area contributed by atoms with Gasteiger partial charge >= 0.3 is 12.1 Å². The van der Waals surface area contributed by atoms with Gasteiger partial charge in [-0.05, 0) is 102 Å². The molecule has 1 saturated carbocycles. The lowest BCUT2D eigenvalue weighted by Gasteiger charge is -2.43. The number of nitrogens with one attached hydrogen (secondary N) is 1. The summed E-state index contributed by atoms with van der Waals surface area (Å²) < 4.78 is 25.0. The van der Waals surface area contributed by atoms with Crippen molar-refractivity contribution in [1.82, 2.24) is 5.32 Å². The lowest BCUT2D eigenvalue weighted by molar-refractivity contribution is -0.156. The molecule has 1 fully saturated rings. The summed E-state index contributed by atoms with van der Waals surface area (Å²) in [5.74, 6) is -0.286. The van der Waals surface area contributed by atoms with Crippen LogP contribution >= 0.6 is 0 Å². The summed E-state index contributed by atoms with van der Waals surface area (Å²) in [5.41, 5.74) is 0.514. The van der Waals surface area contributed by atoms with Crippen LogP contribution in [0.2, 0.25) is 0 Å². The van der Waals surface area contributed by atoms with E-state index < -0.39 is 17.3 Å². The number of fused-ring (bicyclic) bond motifs is 1. The molecule has 2 aliphatic rings. The lowest BCUT2D eigenvalue weighted by Crippen LogP contribution is -2.44. The van der Waals surface area contributed by atoms with Crippen LogP contribution in [0.15, 0.2) is 18.2 Å². The van der Waals surface area contributed by atoms with Crippen molar-refractivity contribution in [3.63, 3.8) is 0 Å². The highest BCUT2D eigenvalue weighted by Crippen LogP contribution is 2.56. The minimum absolute atomic E-state index is 0.172. The van der Waals surface area contributed by atoms with Gasteiger partial charge < -0.3 is 14.8 Å². The molecule has 1 spiro atoms. The zero-order valence-corrected chi connectivity index (χ0v) is 19.6. The van der Waals surface area contributed by atoms with E-state index in [1.807, 2.05) is 41.5 Å². The largest absolute Gasteiger partial charge is 0.460 e. The summed E-state index contributed by atoms with van der Waals surface area (Å²) in [5, 5.41) is 3.08. The van der Waals surface area contributed by atoms with Crippen molar-refractivity contribution in [1.29, 1.82) is 0 Å². The van der Waals surface area contributed by atoms with Gasteiger partial charge in [0.25, 0.3) is 0 Å². The molecule has 3 rings (SSSR count). The first kappa shape index (κ1) is 23.6. The first-order valence-corrected chi connectivity index (χ1v) is 11.3. The minimum atomic E-state index is -0.604. The first-order chi connectivity index (χ1) is 14.3. The van der Waals surface area contributed by atoms with Crippen LogP contribution in [0.3, 0.4) is 0 Å². The van der Waals surface area contributed by atoms with Crippen molar-refractivity contribution >= 4 is 12.1 Å². The van der Waals surface area contributed by atoms with Crippen LogP contribution in [0.4, 0.5) is 9.18 Å². The number of benzene rings is 1. The molecule has 3 atom stereocenters. The van der Waals surface area contributed by atoms with E-state index in [2.05, 4.69) is 5.32 Å². The number of carbonyl (C=O) groups excluding carboxylic acids is 2. The van der Waals surface area contributed by atoms with E-state index in [9.17, 15) is 14.0 Å². The van der Waals surface area contributed by atoms with Gasteiger partial charge in [0.05, 0.1) is 6.04 Å². The molecule has 0 saturated heterocycles. The Bertz CT molecular complexity index is 839. The fourth-order valence-electron chi connectivity index (χ4n) is 5.21. The Morgan fingerprint density at radius 3 is 2.45 bits per heavy atom. The molecule has 0 aliphatic heterocycles. The van der Waals surface area contributed by atoms with Crippen molar-refractivity contribution in [2.75, 3.05) is 0 Å². The van der Waals surface area contributed by atoms with Gasteiger partial charge in [-0.2, -0.15) is 0 Å². The highest BCUT2D eigenvalue weighted by atomic mass is 19.1. The Balaban J connectivity index is 1.82. The summed E-state index contributed by atoms with van der Waals surface area (Å²) in [6, 6.07) is 4.53. The zero-order chi connectivity index (χ0) is 23.0. The van der Waals surface area contributed by atoms with Crippen molar-refractivity contribution in [2.24, 2.45) is 11.3 Å². The molecular weight excluding hydrogens is 397 g/mol. The van der Waals surface area contributed by atoms with Gasteiger partial charge in [-0.15, -0.1) is 0 Å². The van der Waals surface area contributed by atoms with Crippen LogP contribution in [0.25, 0.3) is 0 Å². The van der Waals surface area contributed by atoms with Gasteiger partial charge in [0, 0.05) is 6.42 Å². The summed E-state index contributed by atoms with van der Waals surface area (Å²) >= 11 is 0. The molecule has 1 N–H and O–H groups in total. The van der Waals surface area contributed by atoms with Crippen LogP contribution in [0, 0.1) is 17.2 Å². The molecule has 5 nitrogen and oxygen atoms in total. The quantitative estimate of drug-likeness (QED) is 0.607. The molecular formula is C25H36FNO4. The van der Waals surface area contributed by atoms with Crippen molar-refractivity contribution < 1.29 is 23.5 Å². The fourth-order valence-corrected chi connectivity index (χ4v) is 5.21. The van der Waals surface area contributed by atoms with Crippen LogP contribution < -0.4 is 5.32 Å². The minimum Gasteiger partial charge on any atom is -0.460 e. The number of amides is 1. The highest BCUT2D eigenvalue weighted by molar-refractivity contribution is 5.70. The number of alkyl carbamates (subject to hydrolysis) is 1. The van der Waals surface area contributed by atoms with Crippen LogP contribution in [0.5, 0.6) is 0 Å². The lowest BCUT2D eigenvalue weighted by atomic mass is 9.65. The van der Waals surface area contributed by atoms with Gasteiger partial charge in [-0.1, -0.05) is 12.5 Å². The molecule has 0 radical (unpaired) electrons. The number of halogens is 1. The molecule has 1 aromatic carbocycles. The van der Waals surface area contributed by atoms with E-state index in [4.69, 9.17) is 9.47 Å². The van der Waals surface area contributed by atoms with Gasteiger partial charge in [0.15, 0.2) is 0 Å². The van der Waals surface area contributed by atoms with E-state index in [1.54, 1.807) is 12.1 Å². The second kappa shape index (κ2) is 8.44. The fraction of sp³-hybridized carbons (Fsp3) is 0.680. The number of esters is 1. The van der Waals surface area contributed by atoms with E-state index in [-0.39, 0.29) is 29.2 Å². The van der Waals surface area contributed by atoms with Gasteiger partial charge in [-0.3, -0.25) is 4.79 Å². The normalized spacial score (nSPS) is 25.8. The van der Waals surface area contributed by atoms with E-state index in [0.717, 1.165) is 36.8 Å². The summed E-state index contributed by atoms with van der Waals surface area (Å²) in [7, 11) is 0. The summed E-state index contributed by atoms with van der Waals surface area (Å²) in [6.45, 7) is 11.1. The number of rotatable bonds is 3. The Hall–Kier alpha value is -2.11. The van der Waals surface area contributed by atoms with Gasteiger partial charge in [0.2, 0.25) is 0 Å². The third kappa shape index (κ3) is 5.98. The number of hydrogen-bond acceptors (Lipinski definition) is 4. The SMILES string of the molecule is CC(C)(C)OC(=O)CC1CCCC2(Cc3cc(F)ccc3[C@H]2NC(=O)OC(C)(C)C)C1. The molecule has 2 unspecified atom stereocenters. The smallest absolute Gasteiger partial charge is 0.408 e. The van der Waals surface area contributed by atoms with E-state index in [0.29, 0.717) is 12.8 Å². The molecule has 1 aromatic rings. The van der Waals surface area contributed by atoms with Crippen molar-refractivity contribution in [3.8, 4) is 0 Å². The number of hydrogen-bond donors (Lipinski definition) is 1. The third-order valence-corrected chi connectivity index (χ3v) is 6.09. The Labute approximate surface area is 185 Å². The Morgan fingerprint density at radius 2 is 1.81 bits per heavy atom. The third-order valence-electron chi connectivity index (χ3n) is 6.09. The summed E-state index contributed by atoms with van der Waals surface area (Å²) in [4.78, 5) is 25.1. The molecule has 0 heterocycles. The maximum absolute atomic E-state index is 14.0. The van der Waals surface area contributed by atoms with Gasteiger partial charge in [-0.25, -0.2) is 9.18 Å². The molecule has 172 valence electrons. The average Bonchev–Trinajstić information content (AvgIpc) is 2.83. The van der Waals surface area contributed by atoms with Crippen LogP contribution in [0.1, 0.15) is 90.8 Å². The second-order valence-electron chi connectivity index (χ2n) is 11.2. The standard InChI is InChI=1S/C25H36FNO4/c1-23(2,3)30-20(28)12-16-8-7-11-25(14-16)15-17-13-18(26)9-10-19(17)21(25)27-22(29)31-24(4,5)6/h9-10,13,16,21H,7-8,11-12,14-15H2,1-6H3,(H,27,29)/t16?,21-,25?/m1/s1. The first-order valence-electron chi connectivity index (χ1n) is 11.3. The maximum Gasteiger partial charge on any atom is 0.408 e. The number of carbonyl (C=O) groups is 2. The molecule has 0 aromatic heterocycles. The molecule has 0 bridgehead atoms. The molecule has 31 heavy (non-hydrogen) atoms. The monoisotopic (exact) mass is 433 g/mol. The molecule has 1 amide bonds. The predicted octanol–water partition coefficient (Wildman–Crippen LogP) is 5.86. The zero-order valence-electron chi connectivity index (χ0n) is 19.6. The van der Waals surface area contributed by atoms with Crippen molar-refractivity contribution in [3.05, 3.63) is 35.1 Å². The molecule has 6 heteroatoms. The topological polar surface area (TPSA) is 64.6 Å². The average molecular weight is 434 g/mol. The van der Waals surface area contributed by atoms with E-state index >= 15 is 0 Å². The van der Waals surface area contributed by atoms with Crippen LogP contribution in [-0.4, -0.2) is 23.3 Å².